The third-order valence-electron chi connectivity index (χ3n) is 3.51. The molecule has 0 saturated carbocycles. The van der Waals surface area contributed by atoms with Crippen molar-refractivity contribution in [3.05, 3.63) is 41.6 Å². The van der Waals surface area contributed by atoms with Gasteiger partial charge < -0.3 is 10.4 Å². The summed E-state index contributed by atoms with van der Waals surface area (Å²) in [6, 6.07) is 10.3. The van der Waals surface area contributed by atoms with Gasteiger partial charge in [-0.25, -0.2) is 0 Å². The quantitative estimate of drug-likeness (QED) is 0.867. The van der Waals surface area contributed by atoms with Gasteiger partial charge in [-0.2, -0.15) is 0 Å². The molecule has 0 amide bonds. The zero-order valence-corrected chi connectivity index (χ0v) is 11.9. The minimum absolute atomic E-state index is 0.596. The van der Waals surface area contributed by atoms with Gasteiger partial charge in [-0.1, -0.05) is 25.1 Å². The van der Waals surface area contributed by atoms with E-state index in [1.165, 1.54) is 10.9 Å². The van der Waals surface area contributed by atoms with Gasteiger partial charge in [0.2, 0.25) is 0 Å². The number of aromatic nitrogens is 1. The highest BCUT2D eigenvalue weighted by molar-refractivity contribution is 5.82. The fourth-order valence-electron chi connectivity index (χ4n) is 2.13. The van der Waals surface area contributed by atoms with Gasteiger partial charge in [0.25, 0.3) is 0 Å². The minimum Gasteiger partial charge on any atom is -0.389 e. The zero-order valence-electron chi connectivity index (χ0n) is 11.9. The number of aliphatic hydroxyl groups is 1. The highest BCUT2D eigenvalue weighted by Crippen LogP contribution is 2.18. The first-order valence-corrected chi connectivity index (χ1v) is 6.80. The van der Waals surface area contributed by atoms with E-state index in [2.05, 4.69) is 22.4 Å². The summed E-state index contributed by atoms with van der Waals surface area (Å²) >= 11 is 0. The van der Waals surface area contributed by atoms with Crippen LogP contribution in [0.25, 0.3) is 10.9 Å². The minimum atomic E-state index is -0.641. The van der Waals surface area contributed by atoms with Crippen molar-refractivity contribution in [2.45, 2.75) is 39.3 Å². The van der Waals surface area contributed by atoms with Gasteiger partial charge in [0, 0.05) is 24.2 Å². The summed E-state index contributed by atoms with van der Waals surface area (Å²) in [4.78, 5) is 4.53. The Kier molecular flexibility index (Phi) is 4.17. The number of para-hydroxylation sites is 1. The average molecular weight is 258 g/mol. The molecule has 0 fully saturated rings. The maximum atomic E-state index is 9.99. The Hall–Kier alpha value is -1.45. The molecule has 1 heterocycles. The van der Waals surface area contributed by atoms with Crippen LogP contribution < -0.4 is 5.32 Å². The van der Waals surface area contributed by atoms with Crippen molar-refractivity contribution in [3.8, 4) is 0 Å². The third-order valence-corrected chi connectivity index (χ3v) is 3.51. The van der Waals surface area contributed by atoms with E-state index in [0.29, 0.717) is 6.54 Å². The molecule has 0 aliphatic rings. The zero-order chi connectivity index (χ0) is 13.9. The van der Waals surface area contributed by atoms with Crippen LogP contribution in [-0.2, 0) is 6.54 Å². The molecule has 1 atom stereocenters. The maximum absolute atomic E-state index is 9.99. The smallest absolute Gasteiger partial charge is 0.0741 e. The third kappa shape index (κ3) is 3.52. The summed E-state index contributed by atoms with van der Waals surface area (Å²) in [6.45, 7) is 7.21. The van der Waals surface area contributed by atoms with Crippen molar-refractivity contribution >= 4 is 10.9 Å². The first kappa shape index (κ1) is 14.0. The highest BCUT2D eigenvalue weighted by Gasteiger charge is 2.16. The van der Waals surface area contributed by atoms with Crippen LogP contribution in [0.5, 0.6) is 0 Å². The monoisotopic (exact) mass is 258 g/mol. The van der Waals surface area contributed by atoms with E-state index >= 15 is 0 Å². The van der Waals surface area contributed by atoms with Crippen molar-refractivity contribution in [2.24, 2.45) is 0 Å². The molecule has 2 N–H and O–H groups in total. The van der Waals surface area contributed by atoms with Crippen LogP contribution >= 0.6 is 0 Å². The molecule has 1 unspecified atom stereocenters. The summed E-state index contributed by atoms with van der Waals surface area (Å²) in [5.74, 6) is 0. The molecular formula is C16H22N2O. The van der Waals surface area contributed by atoms with Crippen LogP contribution in [0.3, 0.4) is 0 Å². The highest BCUT2D eigenvalue weighted by atomic mass is 16.3. The van der Waals surface area contributed by atoms with Crippen LogP contribution in [0.1, 0.15) is 31.5 Å². The van der Waals surface area contributed by atoms with Crippen LogP contribution in [0, 0.1) is 6.92 Å². The number of nitrogens with one attached hydrogen (secondary N) is 1. The molecule has 3 nitrogen and oxygen atoms in total. The predicted octanol–water partition coefficient (Wildman–Crippen LogP) is 2.79. The summed E-state index contributed by atoms with van der Waals surface area (Å²) in [5, 5.41) is 14.5. The van der Waals surface area contributed by atoms with Crippen molar-refractivity contribution < 1.29 is 5.11 Å². The number of hydrogen-bond acceptors (Lipinski definition) is 3. The molecule has 19 heavy (non-hydrogen) atoms. The molecule has 3 heteroatoms. The molecular weight excluding hydrogens is 236 g/mol. The van der Waals surface area contributed by atoms with Crippen LogP contribution in [0.15, 0.2) is 30.3 Å². The van der Waals surface area contributed by atoms with E-state index in [1.54, 1.807) is 0 Å². The fraction of sp³-hybridized carbons (Fsp3) is 0.438. The number of nitrogens with zero attached hydrogens (tertiary/aromatic N) is 1. The topological polar surface area (TPSA) is 45.1 Å². The lowest BCUT2D eigenvalue weighted by atomic mass is 10.0. The normalized spacial score (nSPS) is 14.5. The Morgan fingerprint density at radius 1 is 1.32 bits per heavy atom. The van der Waals surface area contributed by atoms with Crippen molar-refractivity contribution in [3.63, 3.8) is 0 Å². The average Bonchev–Trinajstić information content (AvgIpc) is 2.38. The Bertz CT molecular complexity index is 564. The summed E-state index contributed by atoms with van der Waals surface area (Å²) < 4.78 is 0. The molecule has 0 spiro atoms. The molecule has 2 aromatic rings. The lowest BCUT2D eigenvalue weighted by Crippen LogP contribution is -2.36. The van der Waals surface area contributed by atoms with E-state index in [9.17, 15) is 5.11 Å². The van der Waals surface area contributed by atoms with Crippen LogP contribution in [0.2, 0.25) is 0 Å². The van der Waals surface area contributed by atoms with Crippen molar-refractivity contribution in [1.29, 1.82) is 0 Å². The maximum Gasteiger partial charge on any atom is 0.0741 e. The van der Waals surface area contributed by atoms with Gasteiger partial charge in [0.15, 0.2) is 0 Å². The molecule has 102 valence electrons. The number of benzene rings is 1. The molecule has 0 aliphatic carbocycles. The fourth-order valence-corrected chi connectivity index (χ4v) is 2.13. The Morgan fingerprint density at radius 3 is 2.79 bits per heavy atom. The van der Waals surface area contributed by atoms with E-state index in [4.69, 9.17) is 0 Å². The standard InChI is InChI=1S/C16H22N2O/c1-4-16(3,19)11-17-10-13-9-12(2)18-15-8-6-5-7-14(13)15/h5-9,17,19H,4,10-11H2,1-3H3. The lowest BCUT2D eigenvalue weighted by molar-refractivity contribution is 0.0556. The molecule has 0 aliphatic heterocycles. The van der Waals surface area contributed by atoms with E-state index in [1.807, 2.05) is 39.0 Å². The first-order valence-electron chi connectivity index (χ1n) is 6.80. The van der Waals surface area contributed by atoms with Crippen LogP contribution in [-0.4, -0.2) is 22.2 Å². The molecule has 0 radical (unpaired) electrons. The van der Waals surface area contributed by atoms with Gasteiger partial charge in [-0.05, 0) is 38.0 Å². The molecule has 1 aromatic carbocycles. The van der Waals surface area contributed by atoms with Gasteiger partial charge in [-0.15, -0.1) is 0 Å². The Labute approximate surface area is 114 Å². The van der Waals surface area contributed by atoms with E-state index < -0.39 is 5.60 Å². The SMILES string of the molecule is CCC(C)(O)CNCc1cc(C)nc2ccccc12. The van der Waals surface area contributed by atoms with Gasteiger partial charge >= 0.3 is 0 Å². The number of pyridine rings is 1. The molecule has 0 bridgehead atoms. The van der Waals surface area contributed by atoms with E-state index in [0.717, 1.165) is 24.2 Å². The van der Waals surface area contributed by atoms with Crippen molar-refractivity contribution in [2.75, 3.05) is 6.54 Å². The Morgan fingerprint density at radius 2 is 2.05 bits per heavy atom. The van der Waals surface area contributed by atoms with Crippen LogP contribution in [0.4, 0.5) is 0 Å². The number of fused-ring (bicyclic) bond motifs is 1. The van der Waals surface area contributed by atoms with Gasteiger partial charge in [0.05, 0.1) is 11.1 Å². The number of hydrogen-bond donors (Lipinski definition) is 2. The lowest BCUT2D eigenvalue weighted by Gasteiger charge is -2.22. The second kappa shape index (κ2) is 5.68. The second-order valence-corrected chi connectivity index (χ2v) is 5.39. The van der Waals surface area contributed by atoms with Gasteiger partial charge in [0.1, 0.15) is 0 Å². The summed E-state index contributed by atoms with van der Waals surface area (Å²) in [6.07, 6.45) is 0.746. The largest absolute Gasteiger partial charge is 0.389 e. The molecule has 0 saturated heterocycles. The number of aryl methyl sites for hydroxylation is 1. The first-order chi connectivity index (χ1) is 9.02. The van der Waals surface area contributed by atoms with E-state index in [-0.39, 0.29) is 0 Å². The molecule has 1 aromatic heterocycles. The van der Waals surface area contributed by atoms with Crippen molar-refractivity contribution in [1.82, 2.24) is 10.3 Å². The Balaban J connectivity index is 2.16. The second-order valence-electron chi connectivity index (χ2n) is 5.39. The summed E-state index contributed by atoms with van der Waals surface area (Å²) in [7, 11) is 0. The summed E-state index contributed by atoms with van der Waals surface area (Å²) in [5.41, 5.74) is 2.65. The predicted molar refractivity (Wildman–Crippen MR) is 79.1 cm³/mol. The molecule has 2 rings (SSSR count). The number of rotatable bonds is 5. The van der Waals surface area contributed by atoms with Gasteiger partial charge in [-0.3, -0.25) is 4.98 Å².